The van der Waals surface area contributed by atoms with Crippen molar-refractivity contribution in [2.24, 2.45) is 0 Å². The Bertz CT molecular complexity index is 652. The topological polar surface area (TPSA) is 57.6 Å². The molecule has 0 aliphatic carbocycles. The maximum absolute atomic E-state index is 12.5. The van der Waals surface area contributed by atoms with Crippen molar-refractivity contribution in [3.05, 3.63) is 71.3 Å². The molecule has 4 nitrogen and oxygen atoms in total. The molecule has 0 saturated carbocycles. The lowest BCUT2D eigenvalue weighted by atomic mass is 10.0. The summed E-state index contributed by atoms with van der Waals surface area (Å²) in [6.07, 6.45) is 0. The van der Waals surface area contributed by atoms with Crippen LogP contribution >= 0.6 is 0 Å². The van der Waals surface area contributed by atoms with Crippen LogP contribution in [0.5, 0.6) is 0 Å². The summed E-state index contributed by atoms with van der Waals surface area (Å²) in [6, 6.07) is 15.7. The highest BCUT2D eigenvalue weighted by atomic mass is 16.4. The third-order valence-electron chi connectivity index (χ3n) is 3.57. The molecule has 0 heterocycles. The maximum Gasteiger partial charge on any atom is 0.336 e. The second-order valence-corrected chi connectivity index (χ2v) is 4.85. The Morgan fingerprint density at radius 1 is 0.952 bits per heavy atom. The summed E-state index contributed by atoms with van der Waals surface area (Å²) in [4.78, 5) is 25.3. The molecule has 4 heteroatoms. The van der Waals surface area contributed by atoms with E-state index in [0.717, 1.165) is 5.56 Å². The maximum atomic E-state index is 12.5. The molecule has 2 aromatic carbocycles. The highest BCUT2D eigenvalue weighted by Crippen LogP contribution is 2.21. The van der Waals surface area contributed by atoms with Crippen LogP contribution < -0.4 is 0 Å². The van der Waals surface area contributed by atoms with E-state index < -0.39 is 5.97 Å². The Hall–Kier alpha value is -2.62. The summed E-state index contributed by atoms with van der Waals surface area (Å²) >= 11 is 0. The number of hydrogen-bond acceptors (Lipinski definition) is 2. The van der Waals surface area contributed by atoms with Crippen LogP contribution in [0.25, 0.3) is 0 Å². The van der Waals surface area contributed by atoms with Crippen LogP contribution in [-0.2, 0) is 0 Å². The minimum Gasteiger partial charge on any atom is -0.478 e. The quantitative estimate of drug-likeness (QED) is 0.937. The van der Waals surface area contributed by atoms with E-state index in [1.807, 2.05) is 37.3 Å². The molecular formula is C17H17NO3. The molecule has 21 heavy (non-hydrogen) atoms. The number of nitrogens with zero attached hydrogens (tertiary/aromatic N) is 1. The smallest absolute Gasteiger partial charge is 0.336 e. The van der Waals surface area contributed by atoms with Crippen LogP contribution in [0.1, 0.15) is 39.2 Å². The molecule has 1 atom stereocenters. The average Bonchev–Trinajstić information content (AvgIpc) is 2.53. The first kappa shape index (κ1) is 14.8. The highest BCUT2D eigenvalue weighted by Gasteiger charge is 2.22. The number of benzene rings is 2. The van der Waals surface area contributed by atoms with Gasteiger partial charge in [-0.05, 0) is 24.6 Å². The van der Waals surface area contributed by atoms with Crippen molar-refractivity contribution in [2.75, 3.05) is 7.05 Å². The highest BCUT2D eigenvalue weighted by molar-refractivity contribution is 6.04. The lowest BCUT2D eigenvalue weighted by molar-refractivity contribution is 0.0671. The van der Waals surface area contributed by atoms with Gasteiger partial charge in [-0.3, -0.25) is 4.79 Å². The summed E-state index contributed by atoms with van der Waals surface area (Å²) in [7, 11) is 1.68. The van der Waals surface area contributed by atoms with Gasteiger partial charge in [-0.25, -0.2) is 4.79 Å². The van der Waals surface area contributed by atoms with E-state index in [9.17, 15) is 14.7 Å². The van der Waals surface area contributed by atoms with E-state index in [1.54, 1.807) is 30.1 Å². The fourth-order valence-electron chi connectivity index (χ4n) is 2.18. The summed E-state index contributed by atoms with van der Waals surface area (Å²) in [5, 5.41) is 9.18. The van der Waals surface area contributed by atoms with Gasteiger partial charge in [0.25, 0.3) is 5.91 Å². The van der Waals surface area contributed by atoms with Crippen LogP contribution in [-0.4, -0.2) is 28.9 Å². The van der Waals surface area contributed by atoms with Gasteiger partial charge >= 0.3 is 5.97 Å². The first-order chi connectivity index (χ1) is 10.0. The van der Waals surface area contributed by atoms with E-state index in [-0.39, 0.29) is 23.1 Å². The Labute approximate surface area is 123 Å². The van der Waals surface area contributed by atoms with Gasteiger partial charge in [-0.2, -0.15) is 0 Å². The van der Waals surface area contributed by atoms with Crippen molar-refractivity contribution in [2.45, 2.75) is 13.0 Å². The zero-order chi connectivity index (χ0) is 15.4. The third-order valence-corrected chi connectivity index (χ3v) is 3.57. The van der Waals surface area contributed by atoms with Crippen molar-refractivity contribution < 1.29 is 14.7 Å². The third kappa shape index (κ3) is 3.11. The summed E-state index contributed by atoms with van der Waals surface area (Å²) in [5.41, 5.74) is 1.23. The van der Waals surface area contributed by atoms with Gasteiger partial charge < -0.3 is 10.0 Å². The van der Waals surface area contributed by atoms with E-state index in [0.29, 0.717) is 0 Å². The zero-order valence-electron chi connectivity index (χ0n) is 12.0. The van der Waals surface area contributed by atoms with Crippen molar-refractivity contribution >= 4 is 11.9 Å². The number of hydrogen-bond donors (Lipinski definition) is 1. The first-order valence-electron chi connectivity index (χ1n) is 6.66. The summed E-state index contributed by atoms with van der Waals surface area (Å²) in [6.45, 7) is 1.91. The Balaban J connectivity index is 2.30. The van der Waals surface area contributed by atoms with Crippen LogP contribution in [0.15, 0.2) is 54.6 Å². The monoisotopic (exact) mass is 283 g/mol. The van der Waals surface area contributed by atoms with Gasteiger partial charge in [0.15, 0.2) is 0 Å². The molecule has 1 unspecified atom stereocenters. The second-order valence-electron chi connectivity index (χ2n) is 4.85. The SMILES string of the molecule is CC(c1ccccc1)N(C)C(=O)c1ccccc1C(=O)O. The standard InChI is InChI=1S/C17H17NO3/c1-12(13-8-4-3-5-9-13)18(2)16(19)14-10-6-7-11-15(14)17(20)21/h3-12H,1-2H3,(H,20,21). The molecule has 0 saturated heterocycles. The first-order valence-corrected chi connectivity index (χ1v) is 6.66. The number of rotatable bonds is 4. The number of carboxylic acids is 1. The fraction of sp³-hybridized carbons (Fsp3) is 0.176. The van der Waals surface area contributed by atoms with Crippen molar-refractivity contribution in [3.8, 4) is 0 Å². The van der Waals surface area contributed by atoms with E-state index >= 15 is 0 Å². The summed E-state index contributed by atoms with van der Waals surface area (Å²) in [5.74, 6) is -1.40. The summed E-state index contributed by atoms with van der Waals surface area (Å²) < 4.78 is 0. The Morgan fingerprint density at radius 2 is 1.48 bits per heavy atom. The predicted molar refractivity (Wildman–Crippen MR) is 80.4 cm³/mol. The van der Waals surface area contributed by atoms with Crippen LogP contribution in [0, 0.1) is 0 Å². The average molecular weight is 283 g/mol. The number of amides is 1. The lowest BCUT2D eigenvalue weighted by Crippen LogP contribution is -2.30. The molecule has 1 N–H and O–H groups in total. The van der Waals surface area contributed by atoms with E-state index in [2.05, 4.69) is 0 Å². The molecule has 0 bridgehead atoms. The molecule has 2 rings (SSSR count). The van der Waals surface area contributed by atoms with Crippen LogP contribution in [0.2, 0.25) is 0 Å². The van der Waals surface area contributed by atoms with Gasteiger partial charge in [0, 0.05) is 7.05 Å². The number of aromatic carboxylic acids is 1. The molecule has 0 radical (unpaired) electrons. The van der Waals surface area contributed by atoms with Crippen molar-refractivity contribution in [1.29, 1.82) is 0 Å². The number of carbonyl (C=O) groups is 2. The number of carboxylic acid groups (broad SMARTS) is 1. The molecule has 1 amide bonds. The Kier molecular flexibility index (Phi) is 4.38. The zero-order valence-corrected chi connectivity index (χ0v) is 12.0. The molecular weight excluding hydrogens is 266 g/mol. The van der Waals surface area contributed by atoms with Crippen LogP contribution in [0.4, 0.5) is 0 Å². The number of carbonyl (C=O) groups excluding carboxylic acids is 1. The van der Waals surface area contributed by atoms with Crippen LogP contribution in [0.3, 0.4) is 0 Å². The van der Waals surface area contributed by atoms with Gasteiger partial charge in [0.1, 0.15) is 0 Å². The van der Waals surface area contributed by atoms with Crippen molar-refractivity contribution in [1.82, 2.24) is 4.90 Å². The molecule has 0 aromatic heterocycles. The molecule has 0 aliphatic heterocycles. The second kappa shape index (κ2) is 6.22. The minimum atomic E-state index is -1.10. The largest absolute Gasteiger partial charge is 0.478 e. The van der Waals surface area contributed by atoms with E-state index in [4.69, 9.17) is 0 Å². The van der Waals surface area contributed by atoms with Crippen molar-refractivity contribution in [3.63, 3.8) is 0 Å². The van der Waals surface area contributed by atoms with Gasteiger partial charge in [0.05, 0.1) is 17.2 Å². The van der Waals surface area contributed by atoms with Gasteiger partial charge in [-0.15, -0.1) is 0 Å². The normalized spacial score (nSPS) is 11.7. The van der Waals surface area contributed by atoms with Gasteiger partial charge in [-0.1, -0.05) is 42.5 Å². The molecule has 108 valence electrons. The van der Waals surface area contributed by atoms with E-state index in [1.165, 1.54) is 6.07 Å². The molecule has 0 spiro atoms. The fourth-order valence-corrected chi connectivity index (χ4v) is 2.18. The van der Waals surface area contributed by atoms with Gasteiger partial charge in [0.2, 0.25) is 0 Å². The minimum absolute atomic E-state index is 0.0228. The molecule has 2 aromatic rings. The lowest BCUT2D eigenvalue weighted by Gasteiger charge is -2.26. The Morgan fingerprint density at radius 3 is 2.05 bits per heavy atom. The predicted octanol–water partition coefficient (Wildman–Crippen LogP) is 3.22. The molecule has 0 aliphatic rings. The molecule has 0 fully saturated rings.